The third-order valence-electron chi connectivity index (χ3n) is 3.70. The van der Waals surface area contributed by atoms with Gasteiger partial charge in [-0.25, -0.2) is 13.9 Å². The molecule has 1 aromatic carbocycles. The molecule has 0 atom stereocenters. The number of aromatic nitrogens is 5. The molecule has 25 heavy (non-hydrogen) atoms. The van der Waals surface area contributed by atoms with E-state index in [0.717, 1.165) is 0 Å². The van der Waals surface area contributed by atoms with Gasteiger partial charge >= 0.3 is 0 Å². The SMILES string of the molecule is Cn1ccc(C(=O)Nc2ccc3ncc(-c4ccccc4F)n3n2)n1. The second-order valence-corrected chi connectivity index (χ2v) is 5.44. The summed E-state index contributed by atoms with van der Waals surface area (Å²) in [5.41, 5.74) is 1.72. The topological polar surface area (TPSA) is 77.1 Å². The number of hydrogen-bond donors (Lipinski definition) is 1. The third-order valence-corrected chi connectivity index (χ3v) is 3.70. The average Bonchev–Trinajstić information content (AvgIpc) is 3.21. The zero-order valence-corrected chi connectivity index (χ0v) is 13.2. The molecule has 4 aromatic rings. The fraction of sp³-hybridized carbons (Fsp3) is 0.0588. The molecule has 8 heteroatoms. The second-order valence-electron chi connectivity index (χ2n) is 5.44. The molecule has 1 N–H and O–H groups in total. The molecule has 0 saturated carbocycles. The van der Waals surface area contributed by atoms with Gasteiger partial charge in [-0.3, -0.25) is 9.48 Å². The van der Waals surface area contributed by atoms with Crippen molar-refractivity contribution in [2.75, 3.05) is 5.32 Å². The van der Waals surface area contributed by atoms with E-state index in [9.17, 15) is 9.18 Å². The first-order chi connectivity index (χ1) is 12.1. The van der Waals surface area contributed by atoms with E-state index in [0.29, 0.717) is 22.7 Å². The quantitative estimate of drug-likeness (QED) is 0.624. The summed E-state index contributed by atoms with van der Waals surface area (Å²) in [6.45, 7) is 0. The van der Waals surface area contributed by atoms with Crippen LogP contribution in [0.4, 0.5) is 10.2 Å². The summed E-state index contributed by atoms with van der Waals surface area (Å²) >= 11 is 0. The minimum Gasteiger partial charge on any atom is -0.304 e. The van der Waals surface area contributed by atoms with Crippen LogP contribution in [0.5, 0.6) is 0 Å². The van der Waals surface area contributed by atoms with Crippen molar-refractivity contribution in [1.82, 2.24) is 24.4 Å². The molecular weight excluding hydrogens is 323 g/mol. The van der Waals surface area contributed by atoms with Crippen LogP contribution < -0.4 is 5.32 Å². The number of nitrogens with one attached hydrogen (secondary N) is 1. The van der Waals surface area contributed by atoms with Crippen LogP contribution in [-0.4, -0.2) is 30.3 Å². The molecule has 0 bridgehead atoms. The van der Waals surface area contributed by atoms with Gasteiger partial charge in [0.2, 0.25) is 0 Å². The van der Waals surface area contributed by atoms with E-state index in [1.165, 1.54) is 15.3 Å². The van der Waals surface area contributed by atoms with E-state index in [2.05, 4.69) is 20.5 Å². The van der Waals surface area contributed by atoms with Crippen molar-refractivity contribution in [1.29, 1.82) is 0 Å². The van der Waals surface area contributed by atoms with Crippen LogP contribution in [0.15, 0.2) is 54.9 Å². The van der Waals surface area contributed by atoms with E-state index in [4.69, 9.17) is 0 Å². The highest BCUT2D eigenvalue weighted by Gasteiger charge is 2.14. The number of imidazole rings is 1. The van der Waals surface area contributed by atoms with Gasteiger partial charge in [-0.1, -0.05) is 12.1 Å². The fourth-order valence-electron chi connectivity index (χ4n) is 2.51. The van der Waals surface area contributed by atoms with Crippen molar-refractivity contribution in [3.05, 3.63) is 66.4 Å². The first-order valence-electron chi connectivity index (χ1n) is 7.52. The third kappa shape index (κ3) is 2.74. The van der Waals surface area contributed by atoms with Crippen molar-refractivity contribution in [3.63, 3.8) is 0 Å². The number of fused-ring (bicyclic) bond motifs is 1. The van der Waals surface area contributed by atoms with Crippen molar-refractivity contribution in [2.24, 2.45) is 7.05 Å². The lowest BCUT2D eigenvalue weighted by molar-refractivity contribution is 0.102. The maximum Gasteiger partial charge on any atom is 0.277 e. The Morgan fingerprint density at radius 3 is 2.72 bits per heavy atom. The zero-order chi connectivity index (χ0) is 17.4. The van der Waals surface area contributed by atoms with Gasteiger partial charge in [0.15, 0.2) is 17.2 Å². The summed E-state index contributed by atoms with van der Waals surface area (Å²) in [6.07, 6.45) is 3.22. The van der Waals surface area contributed by atoms with Gasteiger partial charge < -0.3 is 5.32 Å². The van der Waals surface area contributed by atoms with Crippen molar-refractivity contribution < 1.29 is 9.18 Å². The summed E-state index contributed by atoms with van der Waals surface area (Å²) in [7, 11) is 1.73. The first kappa shape index (κ1) is 15.0. The van der Waals surface area contributed by atoms with Crippen LogP contribution in [0.3, 0.4) is 0 Å². The number of halogens is 1. The van der Waals surface area contributed by atoms with Gasteiger partial charge in [0, 0.05) is 18.8 Å². The summed E-state index contributed by atoms with van der Waals surface area (Å²) < 4.78 is 17.1. The monoisotopic (exact) mass is 336 g/mol. The van der Waals surface area contributed by atoms with Crippen LogP contribution in [0, 0.1) is 5.82 Å². The van der Waals surface area contributed by atoms with Crippen LogP contribution in [0.1, 0.15) is 10.5 Å². The molecule has 3 heterocycles. The normalized spacial score (nSPS) is 11.0. The molecule has 0 aliphatic rings. The lowest BCUT2D eigenvalue weighted by Gasteiger charge is -2.06. The molecule has 0 fully saturated rings. The van der Waals surface area contributed by atoms with E-state index < -0.39 is 0 Å². The van der Waals surface area contributed by atoms with Crippen molar-refractivity contribution in [3.8, 4) is 11.3 Å². The summed E-state index contributed by atoms with van der Waals surface area (Å²) in [5.74, 6) is -0.423. The van der Waals surface area contributed by atoms with Crippen LogP contribution in [0.2, 0.25) is 0 Å². The molecule has 7 nitrogen and oxygen atoms in total. The molecule has 0 saturated heterocycles. The van der Waals surface area contributed by atoms with Crippen LogP contribution >= 0.6 is 0 Å². The van der Waals surface area contributed by atoms with E-state index in [1.54, 1.807) is 55.8 Å². The Morgan fingerprint density at radius 2 is 1.96 bits per heavy atom. The number of rotatable bonds is 3. The molecule has 0 spiro atoms. The molecule has 4 rings (SSSR count). The molecule has 0 unspecified atom stereocenters. The summed E-state index contributed by atoms with van der Waals surface area (Å²) in [4.78, 5) is 16.4. The van der Waals surface area contributed by atoms with Crippen LogP contribution in [-0.2, 0) is 7.05 Å². The number of aryl methyl sites for hydroxylation is 1. The fourth-order valence-corrected chi connectivity index (χ4v) is 2.51. The Bertz CT molecular complexity index is 1080. The smallest absolute Gasteiger partial charge is 0.277 e. The largest absolute Gasteiger partial charge is 0.304 e. The number of nitrogens with zero attached hydrogens (tertiary/aromatic N) is 5. The maximum atomic E-state index is 14.1. The standard InChI is InChI=1S/C17H13FN6O/c1-23-9-8-13(21-23)17(25)20-15-6-7-16-19-10-14(24(16)22-15)11-4-2-3-5-12(11)18/h2-10H,1H3,(H,20,22,25). The van der Waals surface area contributed by atoms with Gasteiger partial charge in [-0.15, -0.1) is 5.10 Å². The molecule has 124 valence electrons. The molecule has 0 radical (unpaired) electrons. The lowest BCUT2D eigenvalue weighted by atomic mass is 10.1. The Balaban J connectivity index is 1.71. The highest BCUT2D eigenvalue weighted by molar-refractivity contribution is 6.02. The number of carbonyl (C=O) groups excluding carboxylic acids is 1. The predicted molar refractivity (Wildman–Crippen MR) is 89.5 cm³/mol. The Hall–Kier alpha value is -3.55. The minimum atomic E-state index is -0.375. The van der Waals surface area contributed by atoms with E-state index in [1.807, 2.05) is 0 Å². The van der Waals surface area contributed by atoms with Gasteiger partial charge in [-0.2, -0.15) is 5.10 Å². The summed E-state index contributed by atoms with van der Waals surface area (Å²) in [5, 5.41) is 11.1. The Kier molecular flexibility index (Phi) is 3.50. The maximum absolute atomic E-state index is 14.1. The van der Waals surface area contributed by atoms with Gasteiger partial charge in [0.25, 0.3) is 5.91 Å². The molecule has 0 aliphatic heterocycles. The lowest BCUT2D eigenvalue weighted by Crippen LogP contribution is -2.15. The van der Waals surface area contributed by atoms with E-state index >= 15 is 0 Å². The van der Waals surface area contributed by atoms with Crippen molar-refractivity contribution >= 4 is 17.4 Å². The number of anilines is 1. The summed E-state index contributed by atoms with van der Waals surface area (Å²) in [6, 6.07) is 11.3. The minimum absolute atomic E-state index is 0.282. The predicted octanol–water partition coefficient (Wildman–Crippen LogP) is 2.52. The number of hydrogen-bond acceptors (Lipinski definition) is 4. The Morgan fingerprint density at radius 1 is 1.12 bits per heavy atom. The second kappa shape index (κ2) is 5.82. The number of carbonyl (C=O) groups is 1. The van der Waals surface area contributed by atoms with Gasteiger partial charge in [-0.05, 0) is 30.3 Å². The molecular formula is C17H13FN6O. The zero-order valence-electron chi connectivity index (χ0n) is 13.2. The molecule has 0 aliphatic carbocycles. The Labute approximate surface area is 141 Å². The van der Waals surface area contributed by atoms with Crippen molar-refractivity contribution in [2.45, 2.75) is 0 Å². The van der Waals surface area contributed by atoms with Gasteiger partial charge in [0.1, 0.15) is 5.82 Å². The number of amides is 1. The highest BCUT2D eigenvalue weighted by Crippen LogP contribution is 2.23. The highest BCUT2D eigenvalue weighted by atomic mass is 19.1. The number of benzene rings is 1. The van der Waals surface area contributed by atoms with Crippen LogP contribution in [0.25, 0.3) is 16.9 Å². The average molecular weight is 336 g/mol. The molecule has 3 aromatic heterocycles. The first-order valence-corrected chi connectivity index (χ1v) is 7.52. The van der Waals surface area contributed by atoms with E-state index in [-0.39, 0.29) is 17.4 Å². The van der Waals surface area contributed by atoms with Gasteiger partial charge in [0.05, 0.1) is 11.9 Å². The molecule has 1 amide bonds.